The van der Waals surface area contributed by atoms with Crippen LogP contribution in [0, 0.1) is 5.82 Å². The Balaban J connectivity index is 3.31. The number of nitrogens with two attached hydrogens (primary N) is 1. The number of carbonyl (C=O) groups is 1. The van der Waals surface area contributed by atoms with Crippen LogP contribution >= 0.6 is 15.9 Å². The summed E-state index contributed by atoms with van der Waals surface area (Å²) in [6.07, 6.45) is 0.583. The van der Waals surface area contributed by atoms with E-state index in [1.54, 1.807) is 0 Å². The Hall–Kier alpha value is -0.900. The molecular formula is C7H5BrFNO. The molecule has 0 saturated heterocycles. The van der Waals surface area contributed by atoms with Crippen LogP contribution < -0.4 is 5.73 Å². The molecule has 1 aromatic rings. The van der Waals surface area contributed by atoms with E-state index in [9.17, 15) is 9.18 Å². The summed E-state index contributed by atoms with van der Waals surface area (Å²) in [5.41, 5.74) is 5.75. The summed E-state index contributed by atoms with van der Waals surface area (Å²) in [5.74, 6) is -0.465. The van der Waals surface area contributed by atoms with Crippen molar-refractivity contribution in [2.75, 3.05) is 5.73 Å². The normalized spacial score (nSPS) is 9.64. The van der Waals surface area contributed by atoms with Crippen molar-refractivity contribution in [3.63, 3.8) is 0 Å². The van der Waals surface area contributed by atoms with Crippen LogP contribution in [0.25, 0.3) is 0 Å². The molecule has 0 saturated carbocycles. The molecule has 2 N–H and O–H groups in total. The van der Waals surface area contributed by atoms with Gasteiger partial charge >= 0.3 is 0 Å². The van der Waals surface area contributed by atoms with Gasteiger partial charge in [-0.15, -0.1) is 0 Å². The fourth-order valence-electron chi connectivity index (χ4n) is 0.680. The number of carbonyl (C=O) groups excluding carboxylic acids is 1. The van der Waals surface area contributed by atoms with Gasteiger partial charge in [-0.05, 0) is 28.1 Å². The van der Waals surface area contributed by atoms with Gasteiger partial charge in [0.15, 0.2) is 6.29 Å². The quantitative estimate of drug-likeness (QED) is 0.578. The zero-order valence-corrected chi connectivity index (χ0v) is 7.06. The summed E-state index contributed by atoms with van der Waals surface area (Å²) in [4.78, 5) is 10.3. The summed E-state index contributed by atoms with van der Waals surface area (Å²) >= 11 is 2.93. The van der Waals surface area contributed by atoms with Gasteiger partial charge in [0, 0.05) is 11.3 Å². The highest BCUT2D eigenvalue weighted by molar-refractivity contribution is 9.10. The maximum atomic E-state index is 12.7. The van der Waals surface area contributed by atoms with E-state index in [2.05, 4.69) is 15.9 Å². The number of hydrogen-bond acceptors (Lipinski definition) is 2. The third kappa shape index (κ3) is 1.57. The van der Waals surface area contributed by atoms with Crippen LogP contribution in [0.1, 0.15) is 10.4 Å². The minimum absolute atomic E-state index is 0.153. The Morgan fingerprint density at radius 1 is 1.55 bits per heavy atom. The fraction of sp³-hybridized carbons (Fsp3) is 0. The number of aldehydes is 1. The molecule has 0 fully saturated rings. The molecule has 0 heterocycles. The first-order chi connectivity index (χ1) is 5.15. The van der Waals surface area contributed by atoms with Crippen LogP contribution in [0.2, 0.25) is 0 Å². The van der Waals surface area contributed by atoms with Gasteiger partial charge in [0.2, 0.25) is 0 Å². The van der Waals surface area contributed by atoms with Crippen LogP contribution in [0.15, 0.2) is 16.6 Å². The van der Waals surface area contributed by atoms with E-state index in [0.717, 1.165) is 6.07 Å². The zero-order valence-electron chi connectivity index (χ0n) is 5.47. The molecule has 0 spiro atoms. The molecule has 58 valence electrons. The monoisotopic (exact) mass is 217 g/mol. The minimum Gasteiger partial charge on any atom is -0.398 e. The molecule has 0 aliphatic rings. The summed E-state index contributed by atoms with van der Waals surface area (Å²) in [7, 11) is 0. The second-order valence-electron chi connectivity index (χ2n) is 2.01. The average molecular weight is 218 g/mol. The lowest BCUT2D eigenvalue weighted by molar-refractivity contribution is 0.112. The molecule has 0 unspecified atom stereocenters. The maximum absolute atomic E-state index is 12.7. The first-order valence-electron chi connectivity index (χ1n) is 2.85. The van der Waals surface area contributed by atoms with Crippen LogP contribution in [-0.4, -0.2) is 6.29 Å². The largest absolute Gasteiger partial charge is 0.398 e. The number of anilines is 1. The topological polar surface area (TPSA) is 43.1 Å². The number of nitrogen functional groups attached to an aromatic ring is 1. The van der Waals surface area contributed by atoms with E-state index in [1.165, 1.54) is 6.07 Å². The number of rotatable bonds is 1. The third-order valence-corrected chi connectivity index (χ3v) is 1.86. The van der Waals surface area contributed by atoms with Crippen LogP contribution in [0.5, 0.6) is 0 Å². The summed E-state index contributed by atoms with van der Waals surface area (Å²) < 4.78 is 12.9. The average Bonchev–Trinajstić information content (AvgIpc) is 1.97. The molecule has 1 aromatic carbocycles. The van der Waals surface area contributed by atoms with Crippen molar-refractivity contribution in [1.82, 2.24) is 0 Å². The van der Waals surface area contributed by atoms with Gasteiger partial charge < -0.3 is 5.73 Å². The van der Waals surface area contributed by atoms with Gasteiger partial charge in [-0.1, -0.05) is 0 Å². The Bertz CT molecular complexity index is 301. The lowest BCUT2D eigenvalue weighted by Gasteiger charge is -1.99. The van der Waals surface area contributed by atoms with Gasteiger partial charge in [-0.2, -0.15) is 0 Å². The molecule has 0 aromatic heterocycles. The SMILES string of the molecule is Nc1cc(F)c(Br)cc1C=O. The number of benzene rings is 1. The molecule has 0 aliphatic carbocycles. The van der Waals surface area contributed by atoms with Crippen molar-refractivity contribution in [1.29, 1.82) is 0 Å². The van der Waals surface area contributed by atoms with Gasteiger partial charge in [0.05, 0.1) is 4.47 Å². The van der Waals surface area contributed by atoms with E-state index in [-0.39, 0.29) is 10.2 Å². The Morgan fingerprint density at radius 3 is 2.73 bits per heavy atom. The van der Waals surface area contributed by atoms with Crippen molar-refractivity contribution in [3.05, 3.63) is 28.0 Å². The van der Waals surface area contributed by atoms with Crippen molar-refractivity contribution in [2.24, 2.45) is 0 Å². The van der Waals surface area contributed by atoms with Crippen LogP contribution in [0.4, 0.5) is 10.1 Å². The lowest BCUT2D eigenvalue weighted by Crippen LogP contribution is -1.94. The summed E-state index contributed by atoms with van der Waals surface area (Å²) in [5, 5.41) is 0. The fourth-order valence-corrected chi connectivity index (χ4v) is 1.04. The lowest BCUT2D eigenvalue weighted by atomic mass is 10.2. The van der Waals surface area contributed by atoms with E-state index < -0.39 is 5.82 Å². The molecule has 0 aliphatic heterocycles. The van der Waals surface area contributed by atoms with E-state index in [0.29, 0.717) is 11.8 Å². The predicted octanol–water partition coefficient (Wildman–Crippen LogP) is 1.98. The first-order valence-corrected chi connectivity index (χ1v) is 3.64. The number of halogens is 2. The standard InChI is InChI=1S/C7H5BrFNO/c8-5-1-4(3-11)7(10)2-6(5)9/h1-3H,10H2. The van der Waals surface area contributed by atoms with Gasteiger partial charge in [-0.25, -0.2) is 4.39 Å². The van der Waals surface area contributed by atoms with E-state index >= 15 is 0 Å². The molecule has 4 heteroatoms. The van der Waals surface area contributed by atoms with E-state index in [4.69, 9.17) is 5.73 Å². The van der Waals surface area contributed by atoms with Crippen LogP contribution in [-0.2, 0) is 0 Å². The van der Waals surface area contributed by atoms with Gasteiger partial charge in [-0.3, -0.25) is 4.79 Å². The zero-order chi connectivity index (χ0) is 8.43. The van der Waals surface area contributed by atoms with Crippen molar-refractivity contribution in [3.8, 4) is 0 Å². The molecule has 11 heavy (non-hydrogen) atoms. The molecular weight excluding hydrogens is 213 g/mol. The Kier molecular flexibility index (Phi) is 2.24. The second kappa shape index (κ2) is 3.00. The Labute approximate surface area is 71.3 Å². The molecule has 0 radical (unpaired) electrons. The summed E-state index contributed by atoms with van der Waals surface area (Å²) in [6, 6.07) is 2.45. The maximum Gasteiger partial charge on any atom is 0.152 e. The minimum atomic E-state index is -0.465. The molecule has 1 rings (SSSR count). The molecule has 0 atom stereocenters. The highest BCUT2D eigenvalue weighted by Crippen LogP contribution is 2.20. The van der Waals surface area contributed by atoms with Crippen LogP contribution in [0.3, 0.4) is 0 Å². The van der Waals surface area contributed by atoms with Crippen molar-refractivity contribution >= 4 is 27.9 Å². The number of hydrogen-bond donors (Lipinski definition) is 1. The third-order valence-electron chi connectivity index (χ3n) is 1.25. The van der Waals surface area contributed by atoms with Gasteiger partial charge in [0.1, 0.15) is 5.82 Å². The predicted molar refractivity (Wildman–Crippen MR) is 43.9 cm³/mol. The molecule has 2 nitrogen and oxygen atoms in total. The highest BCUT2D eigenvalue weighted by atomic mass is 79.9. The molecule has 0 bridgehead atoms. The van der Waals surface area contributed by atoms with E-state index in [1.807, 2.05) is 0 Å². The highest BCUT2D eigenvalue weighted by Gasteiger charge is 2.03. The first kappa shape index (κ1) is 8.20. The van der Waals surface area contributed by atoms with Gasteiger partial charge in [0.25, 0.3) is 0 Å². The van der Waals surface area contributed by atoms with Crippen molar-refractivity contribution < 1.29 is 9.18 Å². The molecule has 0 amide bonds. The Morgan fingerprint density at radius 2 is 2.18 bits per heavy atom. The second-order valence-corrected chi connectivity index (χ2v) is 2.87. The smallest absolute Gasteiger partial charge is 0.152 e. The van der Waals surface area contributed by atoms with Crippen molar-refractivity contribution in [2.45, 2.75) is 0 Å². The summed E-state index contributed by atoms with van der Waals surface area (Å²) in [6.45, 7) is 0.